The monoisotopic (exact) mass is 403 g/mol. The summed E-state index contributed by atoms with van der Waals surface area (Å²) in [5, 5.41) is 20.2. The van der Waals surface area contributed by atoms with E-state index in [1.54, 1.807) is 0 Å². The maximum Gasteiger partial charge on any atom is 0.0626 e. The highest BCUT2D eigenvalue weighted by atomic mass is 16.3. The molecular weight excluding hydrogens is 356 g/mol. The number of hydrogen-bond donors (Lipinski definition) is 2. The molecule has 0 aromatic rings. The maximum atomic E-state index is 10.1. The van der Waals surface area contributed by atoms with Gasteiger partial charge in [-0.05, 0) is 100 Å². The summed E-state index contributed by atoms with van der Waals surface area (Å²) in [6.07, 6.45) is 12.0. The van der Waals surface area contributed by atoms with E-state index in [2.05, 4.69) is 13.8 Å². The van der Waals surface area contributed by atoms with Gasteiger partial charge in [0.1, 0.15) is 0 Å². The SMILES string of the molecule is [2H]C([2H])=C1CCC(O)CC1=C([2H])C=C1CCC[C@@]2(C)C1CCC2C(C)CCCC(C)(C)O. The van der Waals surface area contributed by atoms with Crippen LogP contribution >= 0.6 is 0 Å². The molecule has 29 heavy (non-hydrogen) atoms. The van der Waals surface area contributed by atoms with Crippen LogP contribution in [0.4, 0.5) is 0 Å². The minimum atomic E-state index is -0.585. The Hall–Kier alpha value is -0.860. The normalized spacial score (nSPS) is 38.8. The van der Waals surface area contributed by atoms with Crippen LogP contribution in [0.25, 0.3) is 0 Å². The van der Waals surface area contributed by atoms with E-state index >= 15 is 0 Å². The van der Waals surface area contributed by atoms with E-state index in [0.717, 1.165) is 32.1 Å². The quantitative estimate of drug-likeness (QED) is 0.516. The van der Waals surface area contributed by atoms with Crippen molar-refractivity contribution in [1.29, 1.82) is 0 Å². The van der Waals surface area contributed by atoms with Crippen LogP contribution < -0.4 is 0 Å². The molecule has 3 aliphatic rings. The largest absolute Gasteiger partial charge is 0.393 e. The Morgan fingerprint density at radius 2 is 2.14 bits per heavy atom. The molecule has 2 heteroatoms. The third-order valence-electron chi connectivity index (χ3n) is 8.14. The van der Waals surface area contributed by atoms with Crippen molar-refractivity contribution in [3.8, 4) is 0 Å². The molecule has 0 heterocycles. The second kappa shape index (κ2) is 9.10. The van der Waals surface area contributed by atoms with E-state index in [4.69, 9.17) is 4.11 Å². The number of aliphatic hydroxyl groups excluding tert-OH is 1. The molecule has 2 N–H and O–H groups in total. The molecule has 0 amide bonds. The van der Waals surface area contributed by atoms with Crippen molar-refractivity contribution in [2.24, 2.45) is 23.2 Å². The first-order chi connectivity index (χ1) is 14.9. The van der Waals surface area contributed by atoms with Gasteiger partial charge in [-0.3, -0.25) is 0 Å². The average molecular weight is 404 g/mol. The van der Waals surface area contributed by atoms with E-state index in [0.29, 0.717) is 54.2 Å². The highest BCUT2D eigenvalue weighted by Crippen LogP contribution is 2.60. The van der Waals surface area contributed by atoms with Crippen LogP contribution in [0, 0.1) is 23.2 Å². The van der Waals surface area contributed by atoms with Gasteiger partial charge in [-0.25, -0.2) is 0 Å². The highest BCUT2D eigenvalue weighted by molar-refractivity contribution is 5.36. The van der Waals surface area contributed by atoms with Crippen LogP contribution in [-0.4, -0.2) is 21.9 Å². The summed E-state index contributed by atoms with van der Waals surface area (Å²) in [4.78, 5) is 0. The van der Waals surface area contributed by atoms with Gasteiger partial charge in [0.2, 0.25) is 0 Å². The minimum absolute atomic E-state index is 0.204. The Labute approximate surface area is 183 Å². The lowest BCUT2D eigenvalue weighted by Crippen LogP contribution is -2.36. The van der Waals surface area contributed by atoms with Gasteiger partial charge in [-0.1, -0.05) is 56.5 Å². The average Bonchev–Trinajstić information content (AvgIpc) is 3.04. The van der Waals surface area contributed by atoms with Crippen molar-refractivity contribution < 1.29 is 14.3 Å². The summed E-state index contributed by atoms with van der Waals surface area (Å²) in [7, 11) is 0. The second-order valence-electron chi connectivity index (χ2n) is 11.0. The third kappa shape index (κ3) is 5.44. The summed E-state index contributed by atoms with van der Waals surface area (Å²) in [6, 6.07) is 0.414. The lowest BCUT2D eigenvalue weighted by atomic mass is 9.60. The molecule has 0 bridgehead atoms. The molecule has 3 rings (SSSR count). The van der Waals surface area contributed by atoms with Crippen LogP contribution in [0.2, 0.25) is 0 Å². The molecular formula is C27H44O2. The standard InChI is InChI=1S/C27H44O2/c1-19-10-13-23(28)18-22(19)12-11-21-9-7-17-27(5)24(14-15-25(21)27)20(2)8-6-16-26(3,4)29/h11-12,20,23-25,28-29H,1,6-10,13-18H2,2-5H3/t20?,23?,24?,25?,27-/m1/s1/i1D2,12D. The Morgan fingerprint density at radius 3 is 2.86 bits per heavy atom. The van der Waals surface area contributed by atoms with Gasteiger partial charge in [-0.15, -0.1) is 0 Å². The number of fused-ring (bicyclic) bond motifs is 1. The molecule has 5 atom stereocenters. The second-order valence-corrected chi connectivity index (χ2v) is 11.0. The molecule has 0 radical (unpaired) electrons. The topological polar surface area (TPSA) is 40.5 Å². The van der Waals surface area contributed by atoms with E-state index in [1.807, 2.05) is 19.9 Å². The fraction of sp³-hybridized carbons (Fsp3) is 0.778. The van der Waals surface area contributed by atoms with E-state index < -0.39 is 11.7 Å². The Kier molecular flexibility index (Phi) is 5.92. The Morgan fingerprint density at radius 1 is 1.34 bits per heavy atom. The van der Waals surface area contributed by atoms with Crippen molar-refractivity contribution in [3.63, 3.8) is 0 Å². The van der Waals surface area contributed by atoms with Crippen LogP contribution in [0.5, 0.6) is 0 Å². The van der Waals surface area contributed by atoms with Crippen LogP contribution in [0.15, 0.2) is 35.4 Å². The van der Waals surface area contributed by atoms with Crippen molar-refractivity contribution in [3.05, 3.63) is 35.4 Å². The predicted molar refractivity (Wildman–Crippen MR) is 123 cm³/mol. The van der Waals surface area contributed by atoms with Crippen molar-refractivity contribution >= 4 is 0 Å². The molecule has 0 saturated heterocycles. The molecule has 0 spiro atoms. The molecule has 164 valence electrons. The first kappa shape index (κ1) is 18.9. The lowest BCUT2D eigenvalue weighted by molar-refractivity contribution is 0.0596. The molecule has 2 nitrogen and oxygen atoms in total. The van der Waals surface area contributed by atoms with Crippen LogP contribution in [-0.2, 0) is 0 Å². The third-order valence-corrected chi connectivity index (χ3v) is 8.14. The van der Waals surface area contributed by atoms with Gasteiger partial charge in [-0.2, -0.15) is 0 Å². The lowest BCUT2D eigenvalue weighted by Gasteiger charge is -2.44. The van der Waals surface area contributed by atoms with Crippen molar-refractivity contribution in [2.75, 3.05) is 0 Å². The zero-order chi connectivity index (χ0) is 23.7. The predicted octanol–water partition coefficient (Wildman–Crippen LogP) is 6.73. The van der Waals surface area contributed by atoms with Crippen molar-refractivity contribution in [2.45, 2.75) is 110 Å². The van der Waals surface area contributed by atoms with Crippen LogP contribution in [0.3, 0.4) is 0 Å². The van der Waals surface area contributed by atoms with Gasteiger partial charge in [0.25, 0.3) is 0 Å². The molecule has 3 saturated carbocycles. The fourth-order valence-corrected chi connectivity index (χ4v) is 6.49. The summed E-state index contributed by atoms with van der Waals surface area (Å²) in [5.74, 6) is 1.82. The Balaban J connectivity index is 1.79. The molecule has 3 aliphatic carbocycles. The zero-order valence-corrected chi connectivity index (χ0v) is 19.1. The summed E-state index contributed by atoms with van der Waals surface area (Å²) in [5.41, 5.74) is 2.40. The van der Waals surface area contributed by atoms with Crippen molar-refractivity contribution in [1.82, 2.24) is 0 Å². The first-order valence-electron chi connectivity index (χ1n) is 13.4. The zero-order valence-electron chi connectivity index (χ0n) is 22.1. The molecule has 3 fully saturated rings. The molecule has 4 unspecified atom stereocenters. The van der Waals surface area contributed by atoms with Gasteiger partial charge in [0.15, 0.2) is 0 Å². The summed E-state index contributed by atoms with van der Waals surface area (Å²) < 4.78 is 24.4. The van der Waals surface area contributed by atoms with Gasteiger partial charge >= 0.3 is 0 Å². The number of hydrogen-bond acceptors (Lipinski definition) is 2. The molecule has 0 aliphatic heterocycles. The summed E-state index contributed by atoms with van der Waals surface area (Å²) >= 11 is 0. The van der Waals surface area contributed by atoms with Gasteiger partial charge in [0, 0.05) is 0 Å². The Bertz CT molecular complexity index is 772. The van der Waals surface area contributed by atoms with Gasteiger partial charge in [0.05, 0.1) is 15.8 Å². The molecule has 0 aromatic carbocycles. The fourth-order valence-electron chi connectivity index (χ4n) is 6.49. The number of allylic oxidation sites excluding steroid dienone is 4. The summed E-state index contributed by atoms with van der Waals surface area (Å²) in [6.45, 7) is 8.44. The molecule has 0 aromatic heterocycles. The maximum absolute atomic E-state index is 10.1. The first-order valence-corrected chi connectivity index (χ1v) is 11.9. The number of aliphatic hydroxyl groups is 2. The number of rotatable bonds is 6. The van der Waals surface area contributed by atoms with E-state index in [-0.39, 0.29) is 11.9 Å². The van der Waals surface area contributed by atoms with E-state index in [1.165, 1.54) is 24.8 Å². The van der Waals surface area contributed by atoms with Crippen LogP contribution in [0.1, 0.15) is 102 Å². The highest BCUT2D eigenvalue weighted by Gasteiger charge is 2.50. The minimum Gasteiger partial charge on any atom is -0.393 e. The van der Waals surface area contributed by atoms with Gasteiger partial charge < -0.3 is 10.2 Å². The smallest absolute Gasteiger partial charge is 0.0626 e. The van der Waals surface area contributed by atoms with E-state index in [9.17, 15) is 10.2 Å².